The molecule has 3 aromatic rings. The van der Waals surface area contributed by atoms with Crippen molar-refractivity contribution in [2.24, 2.45) is 0 Å². The predicted molar refractivity (Wildman–Crippen MR) is 101 cm³/mol. The number of anilines is 1. The summed E-state index contributed by atoms with van der Waals surface area (Å²) < 4.78 is 1.89. The van der Waals surface area contributed by atoms with Crippen LogP contribution >= 0.6 is 0 Å². The van der Waals surface area contributed by atoms with Crippen LogP contribution in [0.3, 0.4) is 0 Å². The Labute approximate surface area is 151 Å². The molecular weight excluding hydrogens is 330 g/mol. The maximum atomic E-state index is 12.0. The molecule has 0 aliphatic rings. The van der Waals surface area contributed by atoms with E-state index in [1.54, 1.807) is 31.4 Å². The molecule has 2 aromatic heterocycles. The second-order valence-corrected chi connectivity index (χ2v) is 6.17. The molecule has 2 N–H and O–H groups in total. The molecule has 0 atom stereocenters. The fourth-order valence-corrected chi connectivity index (χ4v) is 2.56. The van der Waals surface area contributed by atoms with E-state index in [0.717, 1.165) is 16.5 Å². The van der Waals surface area contributed by atoms with E-state index in [1.807, 2.05) is 47.2 Å². The normalized spacial score (nSPS) is 10.5. The number of pyridine rings is 1. The zero-order valence-corrected chi connectivity index (χ0v) is 14.8. The van der Waals surface area contributed by atoms with Gasteiger partial charge >= 0.3 is 6.03 Å². The molecule has 0 saturated heterocycles. The van der Waals surface area contributed by atoms with Crippen molar-refractivity contribution in [3.63, 3.8) is 0 Å². The lowest BCUT2D eigenvalue weighted by molar-refractivity contribution is -0.129. The lowest BCUT2D eigenvalue weighted by atomic mass is 10.2. The fraction of sp³-hybridized carbons (Fsp3) is 0.211. The first-order valence-electron chi connectivity index (χ1n) is 8.26. The van der Waals surface area contributed by atoms with Gasteiger partial charge < -0.3 is 20.1 Å². The molecular formula is C19H21N5O2. The van der Waals surface area contributed by atoms with Gasteiger partial charge in [-0.3, -0.25) is 9.78 Å². The summed E-state index contributed by atoms with van der Waals surface area (Å²) in [6.45, 7) is 0.694. The summed E-state index contributed by atoms with van der Waals surface area (Å²) in [6.07, 6.45) is 5.28. The fourth-order valence-electron chi connectivity index (χ4n) is 2.56. The topological polar surface area (TPSA) is 79.3 Å². The number of nitrogens with one attached hydrogen (secondary N) is 2. The quantitative estimate of drug-likeness (QED) is 0.741. The molecule has 1 aromatic carbocycles. The highest BCUT2D eigenvalue weighted by atomic mass is 16.2. The van der Waals surface area contributed by atoms with Crippen LogP contribution in [0.5, 0.6) is 0 Å². The van der Waals surface area contributed by atoms with Crippen LogP contribution in [0.2, 0.25) is 0 Å². The van der Waals surface area contributed by atoms with Gasteiger partial charge in [0.1, 0.15) is 6.54 Å². The van der Waals surface area contributed by atoms with E-state index < -0.39 is 0 Å². The minimum atomic E-state index is -0.282. The molecule has 134 valence electrons. The molecule has 0 fully saturated rings. The van der Waals surface area contributed by atoms with Crippen LogP contribution in [0.15, 0.2) is 55.0 Å². The first kappa shape index (κ1) is 17.5. The summed E-state index contributed by atoms with van der Waals surface area (Å²) >= 11 is 0. The average Bonchev–Trinajstić information content (AvgIpc) is 3.03. The van der Waals surface area contributed by atoms with Gasteiger partial charge in [-0.25, -0.2) is 4.79 Å². The van der Waals surface area contributed by atoms with Gasteiger partial charge in [0.2, 0.25) is 5.91 Å². The number of hydrogen-bond acceptors (Lipinski definition) is 3. The number of carbonyl (C=O) groups excluding carboxylic acids is 2. The van der Waals surface area contributed by atoms with Crippen molar-refractivity contribution in [3.05, 3.63) is 60.6 Å². The van der Waals surface area contributed by atoms with E-state index in [-0.39, 0.29) is 18.5 Å². The van der Waals surface area contributed by atoms with Crippen molar-refractivity contribution in [3.8, 4) is 0 Å². The highest BCUT2D eigenvalue weighted by Crippen LogP contribution is 2.20. The molecule has 7 heteroatoms. The smallest absolute Gasteiger partial charge is 0.319 e. The van der Waals surface area contributed by atoms with Crippen molar-refractivity contribution in [1.82, 2.24) is 19.8 Å². The number of carbonyl (C=O) groups is 2. The summed E-state index contributed by atoms with van der Waals surface area (Å²) in [6, 6.07) is 11.0. The van der Waals surface area contributed by atoms with E-state index >= 15 is 0 Å². The van der Waals surface area contributed by atoms with Gasteiger partial charge in [0, 0.05) is 55.8 Å². The number of benzene rings is 1. The van der Waals surface area contributed by atoms with Gasteiger partial charge in [0.05, 0.1) is 0 Å². The molecule has 7 nitrogen and oxygen atoms in total. The molecule has 0 spiro atoms. The van der Waals surface area contributed by atoms with Gasteiger partial charge in [-0.2, -0.15) is 0 Å². The second-order valence-electron chi connectivity index (χ2n) is 6.17. The van der Waals surface area contributed by atoms with Crippen LogP contribution in [0.1, 0.15) is 5.56 Å². The number of urea groups is 1. The van der Waals surface area contributed by atoms with Crippen LogP contribution in [-0.4, -0.2) is 40.5 Å². The minimum Gasteiger partial charge on any atom is -0.347 e. The summed E-state index contributed by atoms with van der Waals surface area (Å²) in [5.41, 5.74) is 2.57. The Hall–Kier alpha value is -3.35. The summed E-state index contributed by atoms with van der Waals surface area (Å²) in [5, 5.41) is 6.57. The number of aromatic nitrogens is 2. The Morgan fingerprint density at radius 1 is 1.19 bits per heavy atom. The molecule has 2 heterocycles. The Morgan fingerprint density at radius 2 is 2.04 bits per heavy atom. The maximum Gasteiger partial charge on any atom is 0.319 e. The van der Waals surface area contributed by atoms with E-state index in [0.29, 0.717) is 12.2 Å². The van der Waals surface area contributed by atoms with Gasteiger partial charge in [0.15, 0.2) is 0 Å². The predicted octanol–water partition coefficient (Wildman–Crippen LogP) is 2.45. The van der Waals surface area contributed by atoms with Crippen LogP contribution in [-0.2, 0) is 17.9 Å². The van der Waals surface area contributed by atoms with Crippen molar-refractivity contribution in [1.29, 1.82) is 0 Å². The summed E-state index contributed by atoms with van der Waals surface area (Å²) in [5.74, 6) is 0.0273. The van der Waals surface area contributed by atoms with Crippen molar-refractivity contribution in [2.45, 2.75) is 13.1 Å². The SMILES string of the molecule is CN(C)C(=O)Cn1ccc2cc(NC(=O)NCc3cccnc3)ccc21. The first-order valence-corrected chi connectivity index (χ1v) is 8.26. The number of amides is 3. The van der Waals surface area contributed by atoms with Crippen molar-refractivity contribution >= 4 is 28.5 Å². The number of likely N-dealkylation sites (N-methyl/N-ethyl adjacent to an activating group) is 1. The number of hydrogen-bond donors (Lipinski definition) is 2. The third-order valence-corrected chi connectivity index (χ3v) is 4.01. The van der Waals surface area contributed by atoms with E-state index in [2.05, 4.69) is 15.6 Å². The van der Waals surface area contributed by atoms with Crippen LogP contribution < -0.4 is 10.6 Å². The highest BCUT2D eigenvalue weighted by Gasteiger charge is 2.09. The van der Waals surface area contributed by atoms with E-state index in [4.69, 9.17) is 0 Å². The maximum absolute atomic E-state index is 12.0. The van der Waals surface area contributed by atoms with E-state index in [9.17, 15) is 9.59 Å². The molecule has 0 aliphatic heterocycles. The van der Waals surface area contributed by atoms with Gasteiger partial charge in [-0.05, 0) is 35.9 Å². The first-order chi connectivity index (χ1) is 12.5. The van der Waals surface area contributed by atoms with Gasteiger partial charge in [-0.1, -0.05) is 6.07 Å². The molecule has 0 saturated carbocycles. The molecule has 3 amide bonds. The third kappa shape index (κ3) is 4.18. The Bertz CT molecular complexity index is 918. The standard InChI is InChI=1S/C19H21N5O2/c1-23(2)18(25)13-24-9-7-15-10-16(5-6-17(15)24)22-19(26)21-12-14-4-3-8-20-11-14/h3-11H,12-13H2,1-2H3,(H2,21,22,26). The number of rotatable bonds is 5. The Kier molecular flexibility index (Phi) is 5.17. The number of fused-ring (bicyclic) bond motifs is 1. The zero-order valence-electron chi connectivity index (χ0n) is 14.8. The molecule has 3 rings (SSSR count). The highest BCUT2D eigenvalue weighted by molar-refractivity contribution is 5.93. The summed E-state index contributed by atoms with van der Waals surface area (Å²) in [7, 11) is 3.47. The van der Waals surface area contributed by atoms with Gasteiger partial charge in [0.25, 0.3) is 0 Å². The van der Waals surface area contributed by atoms with E-state index in [1.165, 1.54) is 0 Å². The van der Waals surface area contributed by atoms with Crippen molar-refractivity contribution < 1.29 is 9.59 Å². The Balaban J connectivity index is 1.64. The minimum absolute atomic E-state index is 0.0273. The lowest BCUT2D eigenvalue weighted by Crippen LogP contribution is -2.28. The van der Waals surface area contributed by atoms with Crippen LogP contribution in [0.25, 0.3) is 10.9 Å². The second kappa shape index (κ2) is 7.69. The van der Waals surface area contributed by atoms with Gasteiger partial charge in [-0.15, -0.1) is 0 Å². The monoisotopic (exact) mass is 351 g/mol. The molecule has 0 unspecified atom stereocenters. The largest absolute Gasteiger partial charge is 0.347 e. The average molecular weight is 351 g/mol. The number of nitrogens with zero attached hydrogens (tertiary/aromatic N) is 3. The summed E-state index contributed by atoms with van der Waals surface area (Å²) in [4.78, 5) is 29.5. The Morgan fingerprint density at radius 3 is 2.77 bits per heavy atom. The zero-order chi connectivity index (χ0) is 18.5. The van der Waals surface area contributed by atoms with Crippen LogP contribution in [0, 0.1) is 0 Å². The van der Waals surface area contributed by atoms with Crippen molar-refractivity contribution in [2.75, 3.05) is 19.4 Å². The molecule has 0 aliphatic carbocycles. The third-order valence-electron chi connectivity index (χ3n) is 4.01. The van der Waals surface area contributed by atoms with Crippen LogP contribution in [0.4, 0.5) is 10.5 Å². The molecule has 0 radical (unpaired) electrons. The molecule has 26 heavy (non-hydrogen) atoms. The lowest BCUT2D eigenvalue weighted by Gasteiger charge is -2.12. The molecule has 0 bridgehead atoms.